The van der Waals surface area contributed by atoms with Crippen LogP contribution in [-0.4, -0.2) is 26.2 Å². The highest BCUT2D eigenvalue weighted by Gasteiger charge is 2.05. The monoisotopic (exact) mass is 359 g/mol. The van der Waals surface area contributed by atoms with Crippen molar-refractivity contribution in [1.82, 2.24) is 5.32 Å². The Morgan fingerprint density at radius 1 is 1.28 bits per heavy atom. The van der Waals surface area contributed by atoms with E-state index in [-0.39, 0.29) is 5.91 Å². The van der Waals surface area contributed by atoms with Crippen molar-refractivity contribution in [3.63, 3.8) is 0 Å². The van der Waals surface area contributed by atoms with Crippen LogP contribution in [0, 0.1) is 0 Å². The normalized spacial score (nSPS) is 10.8. The Bertz CT molecular complexity index is 680. The van der Waals surface area contributed by atoms with Crippen molar-refractivity contribution < 1.29 is 14.3 Å². The Morgan fingerprint density at radius 2 is 2.16 bits per heavy atom. The van der Waals surface area contributed by atoms with Gasteiger partial charge in [0.2, 0.25) is 5.91 Å². The van der Waals surface area contributed by atoms with Gasteiger partial charge in [0.15, 0.2) is 11.5 Å². The fourth-order valence-corrected chi connectivity index (χ4v) is 2.94. The minimum absolute atomic E-state index is 0.0983. The molecule has 0 unspecified atom stereocenters. The molecule has 0 fully saturated rings. The lowest BCUT2D eigenvalue weighted by molar-refractivity contribution is -0.116. The zero-order valence-corrected chi connectivity index (χ0v) is 15.6. The van der Waals surface area contributed by atoms with Gasteiger partial charge in [0.25, 0.3) is 0 Å². The molecule has 0 radical (unpaired) electrons. The van der Waals surface area contributed by atoms with Crippen LogP contribution in [0.3, 0.4) is 0 Å². The molecule has 0 aliphatic carbocycles. The molecule has 5 heteroatoms. The average Bonchev–Trinajstić information content (AvgIpc) is 3.14. The number of amides is 1. The lowest BCUT2D eigenvalue weighted by Crippen LogP contribution is -2.23. The standard InChI is InChI=1S/C20H25NO3S/c1-3-4-13-24-18-9-7-16(15-19(18)23-2)8-10-20(22)21-12-11-17-6-5-14-25-17/h5-10,14-15H,3-4,11-13H2,1-2H3,(H,21,22). The van der Waals surface area contributed by atoms with E-state index in [1.807, 2.05) is 29.6 Å². The number of hydrogen-bond donors (Lipinski definition) is 1. The third kappa shape index (κ3) is 6.63. The van der Waals surface area contributed by atoms with Crippen LogP contribution in [0.4, 0.5) is 0 Å². The molecule has 1 aromatic carbocycles. The molecular formula is C20H25NO3S. The molecule has 0 atom stereocenters. The van der Waals surface area contributed by atoms with E-state index in [2.05, 4.69) is 18.3 Å². The Morgan fingerprint density at radius 3 is 2.88 bits per heavy atom. The van der Waals surface area contributed by atoms with Gasteiger partial charge in [-0.15, -0.1) is 11.3 Å². The summed E-state index contributed by atoms with van der Waals surface area (Å²) in [7, 11) is 1.62. The molecule has 0 aliphatic heterocycles. The first-order valence-corrected chi connectivity index (χ1v) is 9.40. The van der Waals surface area contributed by atoms with Crippen LogP contribution in [-0.2, 0) is 11.2 Å². The van der Waals surface area contributed by atoms with Crippen molar-refractivity contribution in [2.75, 3.05) is 20.3 Å². The summed E-state index contributed by atoms with van der Waals surface area (Å²) in [5.74, 6) is 1.31. The Balaban J connectivity index is 1.85. The summed E-state index contributed by atoms with van der Waals surface area (Å²) in [4.78, 5) is 13.2. The number of carbonyl (C=O) groups is 1. The van der Waals surface area contributed by atoms with Crippen LogP contribution >= 0.6 is 11.3 Å². The second-order valence-electron chi connectivity index (χ2n) is 5.57. The van der Waals surface area contributed by atoms with Crippen LogP contribution in [0.5, 0.6) is 11.5 Å². The fourth-order valence-electron chi connectivity index (χ4n) is 2.23. The minimum atomic E-state index is -0.0983. The summed E-state index contributed by atoms with van der Waals surface area (Å²) < 4.78 is 11.1. The molecule has 0 spiro atoms. The second kappa shape index (κ2) is 10.6. The van der Waals surface area contributed by atoms with Gasteiger partial charge in [0.1, 0.15) is 0 Å². The van der Waals surface area contributed by atoms with E-state index < -0.39 is 0 Å². The van der Waals surface area contributed by atoms with E-state index in [0.29, 0.717) is 18.9 Å². The number of rotatable bonds is 10. The summed E-state index contributed by atoms with van der Waals surface area (Å²) in [6.07, 6.45) is 6.27. The van der Waals surface area contributed by atoms with Gasteiger partial charge in [-0.25, -0.2) is 0 Å². The molecule has 1 aromatic heterocycles. The largest absolute Gasteiger partial charge is 0.493 e. The lowest BCUT2D eigenvalue weighted by atomic mass is 10.2. The van der Waals surface area contributed by atoms with Crippen molar-refractivity contribution in [3.05, 3.63) is 52.2 Å². The minimum Gasteiger partial charge on any atom is -0.493 e. The van der Waals surface area contributed by atoms with Crippen molar-refractivity contribution in [1.29, 1.82) is 0 Å². The highest BCUT2D eigenvalue weighted by atomic mass is 32.1. The average molecular weight is 359 g/mol. The van der Waals surface area contributed by atoms with Crippen molar-refractivity contribution >= 4 is 23.3 Å². The van der Waals surface area contributed by atoms with Gasteiger partial charge >= 0.3 is 0 Å². The van der Waals surface area contributed by atoms with Gasteiger partial charge in [0, 0.05) is 17.5 Å². The van der Waals surface area contributed by atoms with E-state index in [1.165, 1.54) is 4.88 Å². The van der Waals surface area contributed by atoms with Crippen molar-refractivity contribution in [3.8, 4) is 11.5 Å². The van der Waals surface area contributed by atoms with E-state index in [4.69, 9.17) is 9.47 Å². The molecule has 25 heavy (non-hydrogen) atoms. The van der Waals surface area contributed by atoms with Gasteiger partial charge in [-0.1, -0.05) is 25.5 Å². The topological polar surface area (TPSA) is 47.6 Å². The first-order valence-electron chi connectivity index (χ1n) is 8.52. The molecule has 0 saturated heterocycles. The second-order valence-corrected chi connectivity index (χ2v) is 6.60. The zero-order chi connectivity index (χ0) is 17.9. The van der Waals surface area contributed by atoms with Gasteiger partial charge in [-0.05, 0) is 48.1 Å². The van der Waals surface area contributed by atoms with Crippen molar-refractivity contribution in [2.24, 2.45) is 0 Å². The smallest absolute Gasteiger partial charge is 0.244 e. The van der Waals surface area contributed by atoms with Crippen LogP contribution < -0.4 is 14.8 Å². The number of methoxy groups -OCH3 is 1. The Hall–Kier alpha value is -2.27. The number of nitrogens with one attached hydrogen (secondary N) is 1. The number of hydrogen-bond acceptors (Lipinski definition) is 4. The molecule has 2 aromatic rings. The zero-order valence-electron chi connectivity index (χ0n) is 14.8. The number of carbonyl (C=O) groups excluding carboxylic acids is 1. The summed E-state index contributed by atoms with van der Waals surface area (Å²) in [6.45, 7) is 3.44. The first-order chi connectivity index (χ1) is 12.2. The third-order valence-electron chi connectivity index (χ3n) is 3.62. The van der Waals surface area contributed by atoms with Crippen LogP contribution in [0.25, 0.3) is 6.08 Å². The molecular weight excluding hydrogens is 334 g/mol. The molecule has 1 amide bonds. The maximum atomic E-state index is 11.9. The summed E-state index contributed by atoms with van der Waals surface area (Å²) in [5, 5.41) is 4.93. The van der Waals surface area contributed by atoms with Gasteiger partial charge in [0.05, 0.1) is 13.7 Å². The molecule has 4 nitrogen and oxygen atoms in total. The number of unbranched alkanes of at least 4 members (excludes halogenated alkanes) is 1. The molecule has 134 valence electrons. The molecule has 0 saturated carbocycles. The first kappa shape index (κ1) is 19.1. The van der Waals surface area contributed by atoms with Gasteiger partial charge in [-0.2, -0.15) is 0 Å². The number of ether oxygens (including phenoxy) is 2. The highest BCUT2D eigenvalue weighted by Crippen LogP contribution is 2.28. The molecule has 1 N–H and O–H groups in total. The van der Waals surface area contributed by atoms with Crippen LogP contribution in [0.1, 0.15) is 30.2 Å². The Labute approximate surface area is 153 Å². The summed E-state index contributed by atoms with van der Waals surface area (Å²) in [5.41, 5.74) is 0.896. The van der Waals surface area contributed by atoms with E-state index >= 15 is 0 Å². The summed E-state index contributed by atoms with van der Waals surface area (Å²) in [6, 6.07) is 9.76. The maximum absolute atomic E-state index is 11.9. The molecule has 0 aliphatic rings. The summed E-state index contributed by atoms with van der Waals surface area (Å²) >= 11 is 1.70. The number of thiophene rings is 1. The van der Waals surface area contributed by atoms with Gasteiger partial charge < -0.3 is 14.8 Å². The Kier molecular flexibility index (Phi) is 8.05. The third-order valence-corrected chi connectivity index (χ3v) is 4.56. The fraction of sp³-hybridized carbons (Fsp3) is 0.350. The quantitative estimate of drug-likeness (QED) is 0.508. The SMILES string of the molecule is CCCCOc1ccc(C=CC(=O)NCCc2cccs2)cc1OC. The molecule has 2 rings (SSSR count). The maximum Gasteiger partial charge on any atom is 0.244 e. The van der Waals surface area contributed by atoms with Crippen molar-refractivity contribution in [2.45, 2.75) is 26.2 Å². The van der Waals surface area contributed by atoms with E-state index in [0.717, 1.165) is 30.6 Å². The lowest BCUT2D eigenvalue weighted by Gasteiger charge is -2.10. The predicted octanol–water partition coefficient (Wildman–Crippen LogP) is 4.31. The van der Waals surface area contributed by atoms with Gasteiger partial charge in [-0.3, -0.25) is 4.79 Å². The highest BCUT2D eigenvalue weighted by molar-refractivity contribution is 7.09. The van der Waals surface area contributed by atoms with Crippen LogP contribution in [0.2, 0.25) is 0 Å². The molecule has 1 heterocycles. The van der Waals surface area contributed by atoms with E-state index in [9.17, 15) is 4.79 Å². The number of benzene rings is 1. The van der Waals surface area contributed by atoms with E-state index in [1.54, 1.807) is 30.6 Å². The molecule has 0 bridgehead atoms. The van der Waals surface area contributed by atoms with Crippen LogP contribution in [0.15, 0.2) is 41.8 Å². The predicted molar refractivity (Wildman–Crippen MR) is 103 cm³/mol.